The summed E-state index contributed by atoms with van der Waals surface area (Å²) in [6.45, 7) is 0. The highest BCUT2D eigenvalue weighted by molar-refractivity contribution is 6.33. The van der Waals surface area contributed by atoms with Crippen LogP contribution in [0.1, 0.15) is 0 Å². The lowest BCUT2D eigenvalue weighted by molar-refractivity contribution is 0.672. The molecule has 0 amide bonds. The minimum absolute atomic E-state index is 0.853. The van der Waals surface area contributed by atoms with Crippen LogP contribution >= 0.6 is 0 Å². The van der Waals surface area contributed by atoms with Gasteiger partial charge in [-0.2, -0.15) is 0 Å². The molecule has 3 heteroatoms. The van der Waals surface area contributed by atoms with Crippen molar-refractivity contribution in [3.63, 3.8) is 0 Å². The topological polar surface area (TPSA) is 39.4 Å². The summed E-state index contributed by atoms with van der Waals surface area (Å²) < 4.78 is 21.3. The van der Waals surface area contributed by atoms with E-state index < -0.39 is 0 Å². The van der Waals surface area contributed by atoms with Crippen LogP contribution in [0.15, 0.2) is 438 Å². The van der Waals surface area contributed by atoms with Crippen molar-refractivity contribution < 1.29 is 13.3 Å². The van der Waals surface area contributed by atoms with Crippen molar-refractivity contribution in [1.82, 2.24) is 0 Å². The molecular formula is C120H70O3. The van der Waals surface area contributed by atoms with Gasteiger partial charge in [0.25, 0.3) is 0 Å². The fourth-order valence-electron chi connectivity index (χ4n) is 21.0. The average molecular weight is 1560 g/mol. The van der Waals surface area contributed by atoms with Crippen LogP contribution in [0, 0.1) is 0 Å². The average Bonchev–Trinajstić information content (AvgIpc) is 1.69. The minimum Gasteiger partial charge on any atom is -0.455 e. The van der Waals surface area contributed by atoms with Gasteiger partial charge in [0.2, 0.25) is 0 Å². The van der Waals surface area contributed by atoms with Crippen molar-refractivity contribution in [1.29, 1.82) is 0 Å². The molecule has 568 valence electrons. The van der Waals surface area contributed by atoms with Gasteiger partial charge in [-0.15, -0.1) is 0 Å². The number of hydrogen-bond donors (Lipinski definition) is 0. The lowest BCUT2D eigenvalue weighted by Crippen LogP contribution is -1.94. The van der Waals surface area contributed by atoms with Gasteiger partial charge < -0.3 is 13.3 Å². The number of benzene rings is 23. The summed E-state index contributed by atoms with van der Waals surface area (Å²) in [6, 6.07) is 157. The Hall–Kier alpha value is -16.2. The van der Waals surface area contributed by atoms with Gasteiger partial charge in [-0.3, -0.25) is 0 Å². The number of furan rings is 3. The molecule has 0 bridgehead atoms. The van der Waals surface area contributed by atoms with Crippen molar-refractivity contribution in [2.75, 3.05) is 0 Å². The Kier molecular flexibility index (Phi) is 15.2. The molecule has 0 N–H and O–H groups in total. The summed E-state index contributed by atoms with van der Waals surface area (Å²) in [5, 5.41) is 27.5. The first-order valence-corrected chi connectivity index (χ1v) is 42.4. The van der Waals surface area contributed by atoms with Crippen LogP contribution < -0.4 is 0 Å². The Labute approximate surface area is 707 Å². The van der Waals surface area contributed by atoms with Gasteiger partial charge in [-0.25, -0.2) is 0 Å². The predicted octanol–water partition coefficient (Wildman–Crippen LogP) is 34.4. The summed E-state index contributed by atoms with van der Waals surface area (Å²) in [6.07, 6.45) is 0. The molecule has 26 rings (SSSR count). The highest BCUT2D eigenvalue weighted by Gasteiger charge is 2.29. The third-order valence-corrected chi connectivity index (χ3v) is 26.4. The maximum atomic E-state index is 7.24. The van der Waals surface area contributed by atoms with Crippen molar-refractivity contribution in [2.24, 2.45) is 0 Å². The Balaban J connectivity index is 0.600. The quantitative estimate of drug-likeness (QED) is 0.128. The molecule has 0 aliphatic heterocycles. The first-order valence-electron chi connectivity index (χ1n) is 42.4. The molecular weight excluding hydrogens is 1490 g/mol. The molecule has 123 heavy (non-hydrogen) atoms. The SMILES string of the molecule is c1ccc(-c2cccc(-c3c4ccccc4c(-c4cc5ccc(-c6ccc(-c7c8ccccc8c(-c8cc9ccc(-c%10ccc(-c%11c%12ccccc%12c(-c%12cc%13ccccc%13c%13oc%14ccccc%14c%12%13)c%12ccccc%11%12)cc%10)cc9c9oc%10ccccc%10c89)c8ccccc78)c(-c7ccccc7)c6)cc5c5oc6ccccc6c45)c4ccccc34)c2)cc1. The highest BCUT2D eigenvalue weighted by Crippen LogP contribution is 2.55. The van der Waals surface area contributed by atoms with E-state index in [2.05, 4.69) is 425 Å². The zero-order valence-corrected chi connectivity index (χ0v) is 66.6. The maximum Gasteiger partial charge on any atom is 0.143 e. The van der Waals surface area contributed by atoms with Crippen LogP contribution in [0.4, 0.5) is 0 Å². The third-order valence-electron chi connectivity index (χ3n) is 26.4. The van der Waals surface area contributed by atoms with E-state index in [9.17, 15) is 0 Å². The lowest BCUT2D eigenvalue weighted by Gasteiger charge is -2.21. The van der Waals surface area contributed by atoms with Crippen LogP contribution in [0.25, 0.3) is 274 Å². The van der Waals surface area contributed by atoms with E-state index in [1.807, 2.05) is 0 Å². The Morgan fingerprint density at radius 2 is 0.390 bits per heavy atom. The second kappa shape index (κ2) is 27.2. The monoisotopic (exact) mass is 1560 g/mol. The van der Waals surface area contributed by atoms with E-state index in [4.69, 9.17) is 13.3 Å². The molecule has 0 saturated carbocycles. The normalized spacial score (nSPS) is 12.1. The van der Waals surface area contributed by atoms with Gasteiger partial charge in [0.1, 0.15) is 33.5 Å². The second-order valence-corrected chi connectivity index (χ2v) is 32.9. The Bertz CT molecular complexity index is 8820. The molecule has 0 atom stereocenters. The fraction of sp³-hybridized carbons (Fsp3) is 0. The summed E-state index contributed by atoms with van der Waals surface area (Å²) in [4.78, 5) is 0. The van der Waals surface area contributed by atoms with Crippen molar-refractivity contribution >= 4 is 163 Å². The predicted molar refractivity (Wildman–Crippen MR) is 520 cm³/mol. The zero-order chi connectivity index (χ0) is 80.5. The zero-order valence-electron chi connectivity index (χ0n) is 66.6. The van der Waals surface area contributed by atoms with Crippen LogP contribution in [-0.2, 0) is 0 Å². The number of hydrogen-bond acceptors (Lipinski definition) is 3. The third kappa shape index (κ3) is 10.5. The first-order chi connectivity index (χ1) is 61.0. The molecule has 3 nitrogen and oxygen atoms in total. The van der Waals surface area contributed by atoms with Crippen molar-refractivity contribution in [3.8, 4) is 111 Å². The molecule has 26 aromatic rings. The van der Waals surface area contributed by atoms with E-state index in [1.165, 1.54) is 120 Å². The fourth-order valence-corrected chi connectivity index (χ4v) is 21.0. The number of fused-ring (bicyclic) bond motifs is 21. The standard InChI is InChI=1S/C120H70O3/c1-3-28-71(29-4-1)75-33-27-34-82(64-75)110-86-38-11-15-42-90(86)113(91-43-16-12-39-87(91)110)104-70-81-61-59-77(67-102(81)120-116(104)98-49-22-26-53-108(98)123-120)78-62-63-96(100(65-78)73-30-5-2-6-31-73)111-92-44-17-19-46-94(92)114(95-47-20-18-45-93(95)111)105-69-80-60-58-76(66-101(80)119-117(105)99-50-23-25-52-107(99)122-119)72-54-56-74(57-55-72)109-84-36-9-13-40-88(84)112(89-41-14-10-37-85(89)109)103-68-79-32-7-8-35-83(79)118-115(103)97-48-21-24-51-106(97)121-118/h1-70H. The number of para-hydroxylation sites is 3. The molecule has 23 aromatic carbocycles. The van der Waals surface area contributed by atoms with Crippen LogP contribution in [-0.4, -0.2) is 0 Å². The Morgan fingerprint density at radius 3 is 0.821 bits per heavy atom. The molecule has 0 saturated heterocycles. The van der Waals surface area contributed by atoms with Gasteiger partial charge in [-0.05, 0) is 253 Å². The van der Waals surface area contributed by atoms with Crippen molar-refractivity contribution in [2.45, 2.75) is 0 Å². The van der Waals surface area contributed by atoms with E-state index in [0.29, 0.717) is 0 Å². The van der Waals surface area contributed by atoms with E-state index in [0.717, 1.165) is 154 Å². The molecule has 0 aliphatic carbocycles. The summed E-state index contributed by atoms with van der Waals surface area (Å²) in [7, 11) is 0. The van der Waals surface area contributed by atoms with Crippen molar-refractivity contribution in [3.05, 3.63) is 425 Å². The number of rotatable bonds is 10. The van der Waals surface area contributed by atoms with E-state index in [1.54, 1.807) is 0 Å². The van der Waals surface area contributed by atoms with E-state index in [-0.39, 0.29) is 0 Å². The first kappa shape index (κ1) is 68.8. The minimum atomic E-state index is 0.853. The van der Waals surface area contributed by atoms with E-state index >= 15 is 0 Å². The van der Waals surface area contributed by atoms with Gasteiger partial charge >= 0.3 is 0 Å². The lowest BCUT2D eigenvalue weighted by atomic mass is 9.82. The van der Waals surface area contributed by atoms with Gasteiger partial charge in [-0.1, -0.05) is 364 Å². The molecule has 3 aromatic heterocycles. The molecule has 0 fully saturated rings. The van der Waals surface area contributed by atoms with Gasteiger partial charge in [0.15, 0.2) is 0 Å². The van der Waals surface area contributed by atoms with Crippen LogP contribution in [0.3, 0.4) is 0 Å². The smallest absolute Gasteiger partial charge is 0.143 e. The molecule has 0 unspecified atom stereocenters. The van der Waals surface area contributed by atoms with Gasteiger partial charge in [0.05, 0.1) is 0 Å². The van der Waals surface area contributed by atoms with Crippen LogP contribution in [0.2, 0.25) is 0 Å². The summed E-state index contributed by atoms with van der Waals surface area (Å²) >= 11 is 0. The Morgan fingerprint density at radius 1 is 0.122 bits per heavy atom. The molecule has 0 spiro atoms. The summed E-state index contributed by atoms with van der Waals surface area (Å²) in [5.74, 6) is 0. The second-order valence-electron chi connectivity index (χ2n) is 32.9. The molecule has 0 radical (unpaired) electrons. The van der Waals surface area contributed by atoms with Crippen LogP contribution in [0.5, 0.6) is 0 Å². The molecule has 0 aliphatic rings. The summed E-state index contributed by atoms with van der Waals surface area (Å²) in [5.41, 5.74) is 28.6. The highest BCUT2D eigenvalue weighted by atomic mass is 16.3. The largest absolute Gasteiger partial charge is 0.455 e. The van der Waals surface area contributed by atoms with Gasteiger partial charge in [0, 0.05) is 48.5 Å². The maximum absolute atomic E-state index is 7.24. The molecule has 3 heterocycles.